The first kappa shape index (κ1) is 26.3. The maximum atomic E-state index is 13.1. The molecular weight excluding hydrogens is 539 g/mol. The lowest BCUT2D eigenvalue weighted by Crippen LogP contribution is -2.19. The van der Waals surface area contributed by atoms with Crippen molar-refractivity contribution in [3.63, 3.8) is 0 Å². The maximum Gasteiger partial charge on any atom is 0.265 e. The summed E-state index contributed by atoms with van der Waals surface area (Å²) in [5.74, 6) is 0.470. The smallest absolute Gasteiger partial charge is 0.265 e. The van der Waals surface area contributed by atoms with Gasteiger partial charge in [-0.2, -0.15) is 0 Å². The number of methoxy groups -OCH3 is 1. The van der Waals surface area contributed by atoms with Crippen LogP contribution in [0.1, 0.15) is 34.6 Å². The Bertz CT molecular complexity index is 1560. The van der Waals surface area contributed by atoms with Gasteiger partial charge in [0, 0.05) is 20.8 Å². The van der Waals surface area contributed by atoms with E-state index in [1.807, 2.05) is 36.4 Å². The summed E-state index contributed by atoms with van der Waals surface area (Å²) in [5, 5.41) is 4.39. The Morgan fingerprint density at radius 1 is 0.972 bits per heavy atom. The zero-order chi connectivity index (χ0) is 26.3. The molecule has 36 heavy (non-hydrogen) atoms. The molecule has 4 rings (SSSR count). The van der Waals surface area contributed by atoms with Crippen molar-refractivity contribution in [3.05, 3.63) is 86.7 Å². The molecule has 0 atom stereocenters. The van der Waals surface area contributed by atoms with Gasteiger partial charge >= 0.3 is 0 Å². The number of carbonyl (C=O) groups excluding carboxylic acids is 1. The van der Waals surface area contributed by atoms with E-state index in [9.17, 15) is 13.2 Å². The summed E-state index contributed by atoms with van der Waals surface area (Å²) in [6.07, 6.45) is 1.05. The highest BCUT2D eigenvalue weighted by atomic mass is 35.5. The van der Waals surface area contributed by atoms with Crippen molar-refractivity contribution < 1.29 is 17.9 Å². The van der Waals surface area contributed by atoms with Gasteiger partial charge < -0.3 is 10.1 Å². The number of benzene rings is 3. The Balaban J connectivity index is 1.61. The van der Waals surface area contributed by atoms with E-state index in [4.69, 9.17) is 27.9 Å². The van der Waals surface area contributed by atoms with E-state index in [0.717, 1.165) is 27.8 Å². The highest BCUT2D eigenvalue weighted by Gasteiger charge is 2.25. The molecule has 0 aliphatic carbocycles. The Labute approximate surface area is 224 Å². The van der Waals surface area contributed by atoms with Crippen LogP contribution in [0.4, 0.5) is 11.4 Å². The van der Waals surface area contributed by atoms with Gasteiger partial charge in [0.25, 0.3) is 5.91 Å². The van der Waals surface area contributed by atoms with E-state index >= 15 is 0 Å². The highest BCUT2D eigenvalue weighted by molar-refractivity contribution is 7.92. The standard InChI is InChI=1S/C26H24Cl2N2O4S2/c1-26(2,16-5-7-20(34-3)8-6-16)17-11-18(27)13-19(12-17)29-25(31)24-10-15-9-22(30-36(4,32)33)21(28)14-23(15)35-24/h5-14,30H,1-4H3,(H,29,31). The second-order valence-electron chi connectivity index (χ2n) is 8.89. The maximum absolute atomic E-state index is 13.1. The fourth-order valence-corrected chi connectivity index (χ4v) is 5.96. The lowest BCUT2D eigenvalue weighted by Gasteiger charge is -2.27. The highest BCUT2D eigenvalue weighted by Crippen LogP contribution is 2.37. The molecule has 0 bridgehead atoms. The van der Waals surface area contributed by atoms with Crippen LogP contribution in [-0.4, -0.2) is 27.7 Å². The van der Waals surface area contributed by atoms with Gasteiger partial charge in [-0.25, -0.2) is 8.42 Å². The number of hydrogen-bond donors (Lipinski definition) is 2. The van der Waals surface area contributed by atoms with Crippen LogP contribution in [0.15, 0.2) is 60.7 Å². The molecule has 0 saturated heterocycles. The minimum atomic E-state index is -3.49. The summed E-state index contributed by atoms with van der Waals surface area (Å²) in [5.41, 5.74) is 2.46. The van der Waals surface area contributed by atoms with Crippen molar-refractivity contribution >= 4 is 71.9 Å². The fraction of sp³-hybridized carbons (Fsp3) is 0.192. The Morgan fingerprint density at radius 2 is 1.67 bits per heavy atom. The van der Waals surface area contributed by atoms with Crippen LogP contribution < -0.4 is 14.8 Å². The van der Waals surface area contributed by atoms with E-state index in [0.29, 0.717) is 21.0 Å². The van der Waals surface area contributed by atoms with Crippen LogP contribution in [0.3, 0.4) is 0 Å². The third kappa shape index (κ3) is 5.78. The summed E-state index contributed by atoms with van der Waals surface area (Å²) in [7, 11) is -1.86. The fourth-order valence-electron chi connectivity index (χ4n) is 3.84. The van der Waals surface area contributed by atoms with Crippen molar-refractivity contribution in [1.82, 2.24) is 0 Å². The minimum Gasteiger partial charge on any atom is -0.497 e. The van der Waals surface area contributed by atoms with Crippen LogP contribution in [0.25, 0.3) is 10.1 Å². The normalized spacial score (nSPS) is 11.9. The molecule has 4 aromatic rings. The number of ether oxygens (including phenoxy) is 1. The molecule has 2 N–H and O–H groups in total. The van der Waals surface area contributed by atoms with Crippen LogP contribution in [-0.2, 0) is 15.4 Å². The number of amides is 1. The molecule has 0 fully saturated rings. The van der Waals surface area contributed by atoms with Gasteiger partial charge in [-0.15, -0.1) is 11.3 Å². The van der Waals surface area contributed by atoms with Gasteiger partial charge in [0.15, 0.2) is 0 Å². The third-order valence-corrected chi connectivity index (χ3v) is 8.03. The summed E-state index contributed by atoms with van der Waals surface area (Å²) in [4.78, 5) is 13.5. The molecule has 0 saturated carbocycles. The van der Waals surface area contributed by atoms with Gasteiger partial charge in [0.2, 0.25) is 10.0 Å². The molecule has 3 aromatic carbocycles. The Kier molecular flexibility index (Phi) is 7.26. The number of carbonyl (C=O) groups is 1. The van der Waals surface area contributed by atoms with Crippen LogP contribution in [0.2, 0.25) is 10.0 Å². The van der Waals surface area contributed by atoms with Crippen molar-refractivity contribution in [3.8, 4) is 5.75 Å². The first-order chi connectivity index (χ1) is 16.9. The average Bonchev–Trinajstić information content (AvgIpc) is 3.21. The van der Waals surface area contributed by atoms with Crippen LogP contribution >= 0.6 is 34.5 Å². The number of halogens is 2. The van der Waals surface area contributed by atoms with Crippen molar-refractivity contribution in [2.24, 2.45) is 0 Å². The topological polar surface area (TPSA) is 84.5 Å². The number of fused-ring (bicyclic) bond motifs is 1. The molecule has 0 aliphatic heterocycles. The number of sulfonamides is 1. The molecular formula is C26H24Cl2N2O4S2. The SMILES string of the molecule is COc1ccc(C(C)(C)c2cc(Cl)cc(NC(=O)c3cc4cc(NS(C)(=O)=O)c(Cl)cc4s3)c2)cc1. The summed E-state index contributed by atoms with van der Waals surface area (Å²) >= 11 is 13.9. The molecule has 188 valence electrons. The Morgan fingerprint density at radius 3 is 2.31 bits per heavy atom. The monoisotopic (exact) mass is 562 g/mol. The molecule has 0 radical (unpaired) electrons. The van der Waals surface area contributed by atoms with Crippen LogP contribution in [0.5, 0.6) is 5.75 Å². The largest absolute Gasteiger partial charge is 0.497 e. The molecule has 1 amide bonds. The van der Waals surface area contributed by atoms with Gasteiger partial charge in [0.1, 0.15) is 5.75 Å². The zero-order valence-corrected chi connectivity index (χ0v) is 23.1. The van der Waals surface area contributed by atoms with Crippen molar-refractivity contribution in [2.45, 2.75) is 19.3 Å². The van der Waals surface area contributed by atoms with Gasteiger partial charge in [-0.1, -0.05) is 49.2 Å². The lowest BCUT2D eigenvalue weighted by atomic mass is 9.78. The Hall–Kier alpha value is -2.78. The molecule has 0 spiro atoms. The van der Waals surface area contributed by atoms with E-state index in [1.165, 1.54) is 11.3 Å². The number of anilines is 2. The van der Waals surface area contributed by atoms with Gasteiger partial charge in [-0.05, 0) is 65.0 Å². The van der Waals surface area contributed by atoms with Gasteiger partial charge in [-0.3, -0.25) is 9.52 Å². The van der Waals surface area contributed by atoms with E-state index < -0.39 is 10.0 Å². The number of hydrogen-bond acceptors (Lipinski definition) is 5. The summed E-state index contributed by atoms with van der Waals surface area (Å²) < 4.78 is 31.6. The van der Waals surface area contributed by atoms with E-state index in [-0.39, 0.29) is 22.0 Å². The predicted molar refractivity (Wildman–Crippen MR) is 150 cm³/mol. The molecule has 10 heteroatoms. The zero-order valence-electron chi connectivity index (χ0n) is 20.0. The first-order valence-electron chi connectivity index (χ1n) is 10.8. The second kappa shape index (κ2) is 9.94. The number of nitrogens with one attached hydrogen (secondary N) is 2. The molecule has 0 unspecified atom stereocenters. The molecule has 6 nitrogen and oxygen atoms in total. The van der Waals surface area contributed by atoms with E-state index in [1.54, 1.807) is 31.4 Å². The second-order valence-corrected chi connectivity index (χ2v) is 12.6. The summed E-state index contributed by atoms with van der Waals surface area (Å²) in [6.45, 7) is 4.17. The average molecular weight is 564 g/mol. The third-order valence-electron chi connectivity index (χ3n) is 5.81. The quantitative estimate of drug-likeness (QED) is 0.250. The molecule has 0 aliphatic rings. The number of thiophene rings is 1. The van der Waals surface area contributed by atoms with Gasteiger partial charge in [0.05, 0.1) is 29.0 Å². The summed E-state index contributed by atoms with van der Waals surface area (Å²) in [6, 6.07) is 18.3. The lowest BCUT2D eigenvalue weighted by molar-refractivity contribution is 0.103. The van der Waals surface area contributed by atoms with Crippen LogP contribution in [0, 0.1) is 0 Å². The minimum absolute atomic E-state index is 0.252. The predicted octanol–water partition coefficient (Wildman–Crippen LogP) is 7.17. The van der Waals surface area contributed by atoms with E-state index in [2.05, 4.69) is 23.9 Å². The first-order valence-corrected chi connectivity index (χ1v) is 14.3. The number of rotatable bonds is 7. The molecule has 1 aromatic heterocycles. The van der Waals surface area contributed by atoms with Crippen molar-refractivity contribution in [1.29, 1.82) is 0 Å². The molecule has 1 heterocycles. The van der Waals surface area contributed by atoms with Crippen molar-refractivity contribution in [2.75, 3.05) is 23.4 Å².